The van der Waals surface area contributed by atoms with E-state index in [1.165, 1.54) is 19.1 Å². The average Bonchev–Trinajstić information content (AvgIpc) is 2.38. The summed E-state index contributed by atoms with van der Waals surface area (Å²) in [5.41, 5.74) is -0.149. The number of hydrogen-bond donors (Lipinski definition) is 4. The number of carbonyl (C=O) groups is 3. The van der Waals surface area contributed by atoms with Gasteiger partial charge in [-0.1, -0.05) is 0 Å². The van der Waals surface area contributed by atoms with Gasteiger partial charge in [-0.25, -0.2) is 9.18 Å². The van der Waals surface area contributed by atoms with Gasteiger partial charge in [0.05, 0.1) is 12.2 Å². The molecule has 1 rings (SSSR count). The average molecular weight is 324 g/mol. The Bertz CT molecular complexity index is 611. The van der Waals surface area contributed by atoms with Crippen LogP contribution in [-0.2, 0) is 9.59 Å². The number of nitrogens with one attached hydrogen (secondary N) is 4. The minimum Gasteiger partial charge on any atom is -0.350 e. The topological polar surface area (TPSA) is 99.3 Å². The summed E-state index contributed by atoms with van der Waals surface area (Å²) in [4.78, 5) is 34.3. The van der Waals surface area contributed by atoms with Crippen molar-refractivity contribution in [3.05, 3.63) is 24.0 Å². The van der Waals surface area contributed by atoms with E-state index in [4.69, 9.17) is 0 Å². The maximum Gasteiger partial charge on any atom is 0.319 e. The molecule has 1 aromatic carbocycles. The zero-order chi connectivity index (χ0) is 17.6. The number of urea groups is 1. The van der Waals surface area contributed by atoms with E-state index in [9.17, 15) is 18.8 Å². The van der Waals surface area contributed by atoms with Gasteiger partial charge in [0.2, 0.25) is 11.8 Å². The lowest BCUT2D eigenvalue weighted by Gasteiger charge is -2.20. The Morgan fingerprint density at radius 1 is 1.13 bits per heavy atom. The molecule has 0 heterocycles. The fourth-order valence-electron chi connectivity index (χ4n) is 1.69. The fraction of sp³-hybridized carbons (Fsp3) is 0.400. The van der Waals surface area contributed by atoms with Crippen LogP contribution in [0.1, 0.15) is 27.7 Å². The van der Waals surface area contributed by atoms with E-state index in [2.05, 4.69) is 21.3 Å². The third-order valence-corrected chi connectivity index (χ3v) is 2.46. The zero-order valence-electron chi connectivity index (χ0n) is 13.5. The lowest BCUT2D eigenvalue weighted by molar-refractivity contribution is -0.121. The molecular formula is C15H21FN4O3. The van der Waals surface area contributed by atoms with E-state index in [0.717, 1.165) is 6.07 Å². The van der Waals surface area contributed by atoms with Gasteiger partial charge in [-0.05, 0) is 39.0 Å². The number of benzene rings is 1. The molecule has 0 saturated carbocycles. The van der Waals surface area contributed by atoms with Crippen LogP contribution in [0, 0.1) is 5.82 Å². The standard InChI is InChI=1S/C15H21FN4O3/c1-9(21)18-12-7-10(5-6-11(12)16)19-14(23)17-8-13(22)20-15(2,3)4/h5-7H,8H2,1-4H3,(H,18,21)(H,20,22)(H2,17,19,23). The van der Waals surface area contributed by atoms with Gasteiger partial charge >= 0.3 is 6.03 Å². The predicted octanol–water partition coefficient (Wildman–Crippen LogP) is 1.82. The Balaban J connectivity index is 2.57. The minimum absolute atomic E-state index is 0.0409. The molecule has 0 unspecified atom stereocenters. The van der Waals surface area contributed by atoms with Crippen LogP contribution in [0.5, 0.6) is 0 Å². The second-order valence-corrected chi connectivity index (χ2v) is 5.98. The number of carbonyl (C=O) groups excluding carboxylic acids is 3. The Labute approximate surface area is 134 Å². The quantitative estimate of drug-likeness (QED) is 0.680. The molecule has 0 radical (unpaired) electrons. The number of amides is 4. The minimum atomic E-state index is -0.616. The van der Waals surface area contributed by atoms with Gasteiger partial charge in [0.15, 0.2) is 0 Å². The first-order valence-corrected chi connectivity index (χ1v) is 7.00. The smallest absolute Gasteiger partial charge is 0.319 e. The molecule has 23 heavy (non-hydrogen) atoms. The Hall–Kier alpha value is -2.64. The van der Waals surface area contributed by atoms with Crippen LogP contribution in [0.15, 0.2) is 18.2 Å². The van der Waals surface area contributed by atoms with E-state index in [1.54, 1.807) is 0 Å². The lowest BCUT2D eigenvalue weighted by atomic mass is 10.1. The molecule has 0 aliphatic rings. The highest BCUT2D eigenvalue weighted by molar-refractivity contribution is 5.94. The molecule has 126 valence electrons. The SMILES string of the molecule is CC(=O)Nc1cc(NC(=O)NCC(=O)NC(C)(C)C)ccc1F. The summed E-state index contributed by atoms with van der Waals surface area (Å²) in [6.45, 7) is 6.54. The van der Waals surface area contributed by atoms with E-state index in [0.29, 0.717) is 0 Å². The molecule has 0 bridgehead atoms. The highest BCUT2D eigenvalue weighted by atomic mass is 19.1. The van der Waals surface area contributed by atoms with Crippen LogP contribution in [0.3, 0.4) is 0 Å². The van der Waals surface area contributed by atoms with Crippen molar-refractivity contribution in [3.8, 4) is 0 Å². The van der Waals surface area contributed by atoms with E-state index >= 15 is 0 Å². The Kier molecular flexibility index (Phi) is 6.06. The summed E-state index contributed by atoms with van der Waals surface area (Å²) in [5, 5.41) is 9.85. The molecule has 0 aromatic heterocycles. The van der Waals surface area contributed by atoms with Crippen LogP contribution in [0.2, 0.25) is 0 Å². The molecule has 0 aliphatic carbocycles. The highest BCUT2D eigenvalue weighted by Crippen LogP contribution is 2.19. The molecule has 8 heteroatoms. The molecule has 0 atom stereocenters. The molecule has 4 amide bonds. The van der Waals surface area contributed by atoms with Crippen molar-refractivity contribution >= 4 is 29.2 Å². The van der Waals surface area contributed by atoms with E-state index in [1.807, 2.05) is 20.8 Å². The van der Waals surface area contributed by atoms with E-state index in [-0.39, 0.29) is 29.4 Å². The van der Waals surface area contributed by atoms with Crippen molar-refractivity contribution < 1.29 is 18.8 Å². The molecular weight excluding hydrogens is 303 g/mol. The second kappa shape index (κ2) is 7.57. The largest absolute Gasteiger partial charge is 0.350 e. The van der Waals surface area contributed by atoms with E-state index < -0.39 is 17.8 Å². The van der Waals surface area contributed by atoms with Gasteiger partial charge < -0.3 is 21.3 Å². The lowest BCUT2D eigenvalue weighted by Crippen LogP contribution is -2.46. The normalized spacial score (nSPS) is 10.7. The van der Waals surface area contributed by atoms with Crippen LogP contribution >= 0.6 is 0 Å². The zero-order valence-corrected chi connectivity index (χ0v) is 13.5. The Morgan fingerprint density at radius 2 is 1.78 bits per heavy atom. The summed E-state index contributed by atoms with van der Waals surface area (Å²) >= 11 is 0. The molecule has 4 N–H and O–H groups in total. The molecule has 0 spiro atoms. The first kappa shape index (κ1) is 18.4. The van der Waals surface area contributed by atoms with Crippen molar-refractivity contribution in [1.29, 1.82) is 0 Å². The molecule has 7 nitrogen and oxygen atoms in total. The molecule has 0 fully saturated rings. The predicted molar refractivity (Wildman–Crippen MR) is 85.6 cm³/mol. The van der Waals surface area contributed by atoms with Crippen LogP contribution in [0.4, 0.5) is 20.6 Å². The van der Waals surface area contributed by atoms with Crippen molar-refractivity contribution in [2.45, 2.75) is 33.2 Å². The third kappa shape index (κ3) is 7.25. The van der Waals surface area contributed by atoms with Crippen LogP contribution < -0.4 is 21.3 Å². The molecule has 0 aliphatic heterocycles. The van der Waals surface area contributed by atoms with Gasteiger partial charge in [-0.15, -0.1) is 0 Å². The summed E-state index contributed by atoms with van der Waals surface area (Å²) in [5.74, 6) is -1.37. The maximum atomic E-state index is 13.5. The number of hydrogen-bond acceptors (Lipinski definition) is 3. The van der Waals surface area contributed by atoms with Gasteiger partial charge in [-0.3, -0.25) is 9.59 Å². The maximum absolute atomic E-state index is 13.5. The summed E-state index contributed by atoms with van der Waals surface area (Å²) in [7, 11) is 0. The monoisotopic (exact) mass is 324 g/mol. The first-order chi connectivity index (χ1) is 10.6. The highest BCUT2D eigenvalue weighted by Gasteiger charge is 2.14. The van der Waals surface area contributed by atoms with Crippen LogP contribution in [-0.4, -0.2) is 29.9 Å². The van der Waals surface area contributed by atoms with Crippen molar-refractivity contribution in [1.82, 2.24) is 10.6 Å². The summed E-state index contributed by atoms with van der Waals surface area (Å²) in [6.07, 6.45) is 0. The number of halogens is 1. The first-order valence-electron chi connectivity index (χ1n) is 7.00. The summed E-state index contributed by atoms with van der Waals surface area (Å²) < 4.78 is 13.5. The number of anilines is 2. The van der Waals surface area contributed by atoms with Gasteiger partial charge in [-0.2, -0.15) is 0 Å². The van der Waals surface area contributed by atoms with Gasteiger partial charge in [0, 0.05) is 18.2 Å². The van der Waals surface area contributed by atoms with Crippen molar-refractivity contribution in [3.63, 3.8) is 0 Å². The molecule has 0 saturated heterocycles. The van der Waals surface area contributed by atoms with Gasteiger partial charge in [0.1, 0.15) is 5.82 Å². The molecule has 1 aromatic rings. The summed E-state index contributed by atoms with van der Waals surface area (Å²) in [6, 6.07) is 3.13. The fourth-order valence-corrected chi connectivity index (χ4v) is 1.69. The van der Waals surface area contributed by atoms with Crippen molar-refractivity contribution in [2.75, 3.05) is 17.2 Å². The van der Waals surface area contributed by atoms with Gasteiger partial charge in [0.25, 0.3) is 0 Å². The van der Waals surface area contributed by atoms with Crippen molar-refractivity contribution in [2.24, 2.45) is 0 Å². The second-order valence-electron chi connectivity index (χ2n) is 5.98. The third-order valence-electron chi connectivity index (χ3n) is 2.46. The van der Waals surface area contributed by atoms with Crippen LogP contribution in [0.25, 0.3) is 0 Å². The number of rotatable bonds is 4. The Morgan fingerprint density at radius 3 is 2.35 bits per heavy atom.